The van der Waals surface area contributed by atoms with Crippen LogP contribution in [0.15, 0.2) is 28.6 Å². The van der Waals surface area contributed by atoms with Crippen molar-refractivity contribution in [3.05, 3.63) is 24.3 Å². The highest BCUT2D eigenvalue weighted by molar-refractivity contribution is 7.93. The lowest BCUT2D eigenvalue weighted by molar-refractivity contribution is 0.116. The van der Waals surface area contributed by atoms with Crippen molar-refractivity contribution in [3.8, 4) is 5.75 Å². The van der Waals surface area contributed by atoms with E-state index in [4.69, 9.17) is 9.47 Å². The minimum Gasteiger partial charge on any atom is -0.610 e. The molecule has 150 valence electrons. The zero-order valence-electron chi connectivity index (χ0n) is 15.4. The molecule has 0 saturated carbocycles. The number of rotatable bonds is 6. The van der Waals surface area contributed by atoms with Crippen molar-refractivity contribution in [1.29, 1.82) is 0 Å². The third-order valence-corrected chi connectivity index (χ3v) is 6.42. The van der Waals surface area contributed by atoms with E-state index in [1.165, 1.54) is 16.9 Å². The van der Waals surface area contributed by atoms with E-state index >= 15 is 0 Å². The maximum atomic E-state index is 12.5. The van der Waals surface area contributed by atoms with E-state index in [1.807, 2.05) is 0 Å². The normalized spacial score (nSPS) is 17.6. The number of hydrogen-bond acceptors (Lipinski definition) is 8. The summed E-state index contributed by atoms with van der Waals surface area (Å²) in [6.45, 7) is 1.92. The molecule has 2 aromatic rings. The van der Waals surface area contributed by atoms with Gasteiger partial charge in [0.2, 0.25) is 11.4 Å². The van der Waals surface area contributed by atoms with Gasteiger partial charge in [0.25, 0.3) is 0 Å². The molecular formula is C16H19N5O5S2. The Morgan fingerprint density at radius 3 is 2.89 bits per heavy atom. The second kappa shape index (κ2) is 8.63. The SMILES string of the molecule is CC[S+]([O-])c1nnc(N2C(=O)N(C)CC2OC(=O)Nc2ccccc2OC)s1. The molecule has 1 aromatic carbocycles. The molecule has 2 atom stereocenters. The molecule has 3 amide bonds. The highest BCUT2D eigenvalue weighted by atomic mass is 32.2. The summed E-state index contributed by atoms with van der Waals surface area (Å²) in [5.41, 5.74) is 0.441. The predicted octanol–water partition coefficient (Wildman–Crippen LogP) is 2.12. The van der Waals surface area contributed by atoms with Crippen molar-refractivity contribution < 1.29 is 23.6 Å². The Kier molecular flexibility index (Phi) is 6.21. The topological polar surface area (TPSA) is 120 Å². The van der Waals surface area contributed by atoms with E-state index in [0.29, 0.717) is 21.5 Å². The van der Waals surface area contributed by atoms with Crippen LogP contribution in [0.4, 0.5) is 20.4 Å². The number of amides is 3. The van der Waals surface area contributed by atoms with Crippen LogP contribution in [0.5, 0.6) is 5.75 Å². The van der Waals surface area contributed by atoms with Crippen LogP contribution in [0.1, 0.15) is 6.92 Å². The van der Waals surface area contributed by atoms with Crippen molar-refractivity contribution in [2.75, 3.05) is 36.7 Å². The molecule has 0 spiro atoms. The van der Waals surface area contributed by atoms with Gasteiger partial charge in [-0.05, 0) is 30.4 Å². The van der Waals surface area contributed by atoms with Gasteiger partial charge in [0.1, 0.15) is 11.5 Å². The minimum absolute atomic E-state index is 0.157. The van der Waals surface area contributed by atoms with Crippen molar-refractivity contribution >= 4 is 45.5 Å². The lowest BCUT2D eigenvalue weighted by Crippen LogP contribution is -2.38. The number of para-hydroxylation sites is 2. The Hall–Kier alpha value is -2.57. The van der Waals surface area contributed by atoms with Crippen LogP contribution in [-0.2, 0) is 15.9 Å². The zero-order chi connectivity index (χ0) is 20.3. The molecule has 0 bridgehead atoms. The first-order valence-electron chi connectivity index (χ1n) is 8.31. The number of carbonyl (C=O) groups is 2. The van der Waals surface area contributed by atoms with Crippen LogP contribution >= 0.6 is 11.3 Å². The molecule has 0 aliphatic carbocycles. The minimum atomic E-state index is -1.28. The number of aromatic nitrogens is 2. The second-order valence-electron chi connectivity index (χ2n) is 5.70. The fourth-order valence-electron chi connectivity index (χ4n) is 2.52. The number of likely N-dealkylation sites (N-methyl/N-ethyl adjacent to an activating group) is 1. The molecule has 1 saturated heterocycles. The molecule has 3 rings (SSSR count). The van der Waals surface area contributed by atoms with Crippen LogP contribution in [0, 0.1) is 0 Å². The standard InChI is InChI=1S/C16H19N5O5S2/c1-4-28(24)15-19-18-13(27-15)21-12(9-20(2)16(21)23)26-14(22)17-10-7-5-6-8-11(10)25-3/h5-8,12H,4,9H2,1-3H3,(H,17,22). The first-order chi connectivity index (χ1) is 13.4. The Balaban J connectivity index is 1.75. The summed E-state index contributed by atoms with van der Waals surface area (Å²) in [5, 5.41) is 10.6. The van der Waals surface area contributed by atoms with Gasteiger partial charge in [0.15, 0.2) is 0 Å². The third kappa shape index (κ3) is 4.13. The van der Waals surface area contributed by atoms with Gasteiger partial charge in [-0.2, -0.15) is 0 Å². The monoisotopic (exact) mass is 425 g/mol. The van der Waals surface area contributed by atoms with Crippen LogP contribution in [0.2, 0.25) is 0 Å². The average molecular weight is 425 g/mol. The molecule has 12 heteroatoms. The summed E-state index contributed by atoms with van der Waals surface area (Å²) in [4.78, 5) is 27.5. The summed E-state index contributed by atoms with van der Waals surface area (Å²) in [6.07, 6.45) is -1.65. The first-order valence-corrected chi connectivity index (χ1v) is 10.4. The Morgan fingerprint density at radius 1 is 1.43 bits per heavy atom. The molecule has 1 fully saturated rings. The Morgan fingerprint density at radius 2 is 2.18 bits per heavy atom. The molecule has 10 nitrogen and oxygen atoms in total. The number of methoxy groups -OCH3 is 1. The first kappa shape index (κ1) is 20.2. The molecule has 2 heterocycles. The summed E-state index contributed by atoms with van der Waals surface area (Å²) < 4.78 is 22.9. The number of nitrogens with zero attached hydrogens (tertiary/aromatic N) is 4. The fraction of sp³-hybridized carbons (Fsp3) is 0.375. The molecule has 1 N–H and O–H groups in total. The second-order valence-corrected chi connectivity index (χ2v) is 8.57. The van der Waals surface area contributed by atoms with Crippen molar-refractivity contribution in [2.45, 2.75) is 17.5 Å². The van der Waals surface area contributed by atoms with Crippen LogP contribution in [0.25, 0.3) is 0 Å². The van der Waals surface area contributed by atoms with Crippen LogP contribution in [-0.4, -0.2) is 64.5 Å². The van der Waals surface area contributed by atoms with Gasteiger partial charge < -0.3 is 18.9 Å². The third-order valence-electron chi connectivity index (χ3n) is 3.90. The Bertz CT molecular complexity index is 863. The maximum Gasteiger partial charge on any atom is 0.413 e. The highest BCUT2D eigenvalue weighted by Gasteiger charge is 2.41. The molecule has 1 aliphatic rings. The maximum absolute atomic E-state index is 12.5. The summed E-state index contributed by atoms with van der Waals surface area (Å²) in [6, 6.07) is 6.50. The van der Waals surface area contributed by atoms with Crippen molar-refractivity contribution in [3.63, 3.8) is 0 Å². The van der Waals surface area contributed by atoms with E-state index < -0.39 is 23.5 Å². The number of anilines is 2. The fourth-order valence-corrected chi connectivity index (χ4v) is 4.46. The number of ether oxygens (including phenoxy) is 2. The average Bonchev–Trinajstić information content (AvgIpc) is 3.26. The molecule has 0 radical (unpaired) electrons. The summed E-state index contributed by atoms with van der Waals surface area (Å²) in [7, 11) is 3.08. The molecule has 2 unspecified atom stereocenters. The van der Waals surface area contributed by atoms with Gasteiger partial charge in [0, 0.05) is 18.2 Å². The van der Waals surface area contributed by atoms with E-state index in [-0.39, 0.29) is 17.7 Å². The van der Waals surface area contributed by atoms with Gasteiger partial charge in [0.05, 0.1) is 19.3 Å². The van der Waals surface area contributed by atoms with Crippen molar-refractivity contribution in [2.24, 2.45) is 0 Å². The zero-order valence-corrected chi connectivity index (χ0v) is 17.1. The van der Waals surface area contributed by atoms with E-state index in [0.717, 1.165) is 11.3 Å². The lowest BCUT2D eigenvalue weighted by Gasteiger charge is -2.20. The number of carbonyl (C=O) groups excluding carboxylic acids is 2. The van der Waals surface area contributed by atoms with E-state index in [9.17, 15) is 14.1 Å². The van der Waals surface area contributed by atoms with Crippen molar-refractivity contribution in [1.82, 2.24) is 15.1 Å². The van der Waals surface area contributed by atoms with Gasteiger partial charge in [-0.25, -0.2) is 14.5 Å². The summed E-state index contributed by atoms with van der Waals surface area (Å²) in [5.74, 6) is 0.871. The smallest absolute Gasteiger partial charge is 0.413 e. The summed E-state index contributed by atoms with van der Waals surface area (Å²) >= 11 is -0.249. The predicted molar refractivity (Wildman–Crippen MR) is 104 cm³/mol. The number of nitrogens with one attached hydrogen (secondary N) is 1. The van der Waals surface area contributed by atoms with Gasteiger partial charge >= 0.3 is 16.5 Å². The van der Waals surface area contributed by atoms with Gasteiger partial charge in [-0.1, -0.05) is 17.2 Å². The molecule has 1 aromatic heterocycles. The Labute approximate surface area is 168 Å². The number of hydrogen-bond donors (Lipinski definition) is 1. The van der Waals surface area contributed by atoms with Gasteiger partial charge in [-0.3, -0.25) is 5.32 Å². The van der Waals surface area contributed by atoms with Crippen LogP contribution < -0.4 is 15.0 Å². The van der Waals surface area contributed by atoms with E-state index in [2.05, 4.69) is 15.5 Å². The highest BCUT2D eigenvalue weighted by Crippen LogP contribution is 2.30. The van der Waals surface area contributed by atoms with Crippen LogP contribution in [0.3, 0.4) is 0 Å². The lowest BCUT2D eigenvalue weighted by atomic mass is 10.3. The van der Waals surface area contributed by atoms with Gasteiger partial charge in [-0.15, -0.1) is 5.10 Å². The molecule has 28 heavy (non-hydrogen) atoms. The molecule has 1 aliphatic heterocycles. The molecular weight excluding hydrogens is 406 g/mol. The van der Waals surface area contributed by atoms with E-state index in [1.54, 1.807) is 38.2 Å². The quantitative estimate of drug-likeness (QED) is 0.556. The number of benzene rings is 1. The number of urea groups is 1. The largest absolute Gasteiger partial charge is 0.610 e.